The maximum atomic E-state index is 12.5. The Bertz CT molecular complexity index is 531. The Morgan fingerprint density at radius 3 is 2.86 bits per heavy atom. The molecule has 0 aliphatic carbocycles. The Balaban J connectivity index is 2.14. The van der Waals surface area contributed by atoms with Crippen LogP contribution in [-0.4, -0.2) is 53.8 Å². The number of benzene rings is 1. The van der Waals surface area contributed by atoms with Gasteiger partial charge in [0.05, 0.1) is 19.3 Å². The summed E-state index contributed by atoms with van der Waals surface area (Å²) < 4.78 is 10.7. The fourth-order valence-electron chi connectivity index (χ4n) is 2.32. The summed E-state index contributed by atoms with van der Waals surface area (Å²) in [6.45, 7) is 4.58. The molecule has 6 heteroatoms. The number of hydrogen-bond acceptors (Lipinski definition) is 4. The van der Waals surface area contributed by atoms with Gasteiger partial charge in [0.1, 0.15) is 5.75 Å². The van der Waals surface area contributed by atoms with Crippen LogP contribution in [0.25, 0.3) is 0 Å². The SMILES string of the molecule is CCOc1cccc(C(=O)N2CC(C(=O)O)O[C@H](C)C2)c1. The van der Waals surface area contributed by atoms with Crippen LogP contribution in [0, 0.1) is 0 Å². The molecule has 0 bridgehead atoms. The third-order valence-electron chi connectivity index (χ3n) is 3.21. The Labute approximate surface area is 123 Å². The highest BCUT2D eigenvalue weighted by Crippen LogP contribution is 2.18. The lowest BCUT2D eigenvalue weighted by Crippen LogP contribution is -2.51. The predicted octanol–water partition coefficient (Wildman–Crippen LogP) is 1.40. The first-order valence-corrected chi connectivity index (χ1v) is 6.91. The predicted molar refractivity (Wildman–Crippen MR) is 75.5 cm³/mol. The second-order valence-corrected chi connectivity index (χ2v) is 4.94. The average molecular weight is 293 g/mol. The molecule has 1 aliphatic heterocycles. The third-order valence-corrected chi connectivity index (χ3v) is 3.21. The first-order chi connectivity index (χ1) is 10.0. The van der Waals surface area contributed by atoms with Gasteiger partial charge in [-0.05, 0) is 32.0 Å². The van der Waals surface area contributed by atoms with E-state index in [1.807, 2.05) is 6.92 Å². The maximum Gasteiger partial charge on any atom is 0.334 e. The number of aliphatic carboxylic acids is 1. The molecular formula is C15H19NO5. The minimum Gasteiger partial charge on any atom is -0.494 e. The molecule has 1 amide bonds. The zero-order chi connectivity index (χ0) is 15.4. The number of amides is 1. The van der Waals surface area contributed by atoms with Crippen LogP contribution >= 0.6 is 0 Å². The van der Waals surface area contributed by atoms with Crippen molar-refractivity contribution in [2.75, 3.05) is 19.7 Å². The van der Waals surface area contributed by atoms with Gasteiger partial charge in [-0.1, -0.05) is 6.07 Å². The van der Waals surface area contributed by atoms with Crippen molar-refractivity contribution in [2.45, 2.75) is 26.1 Å². The normalized spacial score (nSPS) is 21.9. The number of carbonyl (C=O) groups is 2. The Morgan fingerprint density at radius 2 is 2.19 bits per heavy atom. The van der Waals surface area contributed by atoms with Crippen molar-refractivity contribution in [1.29, 1.82) is 0 Å². The number of rotatable bonds is 4. The van der Waals surface area contributed by atoms with Gasteiger partial charge in [-0.25, -0.2) is 4.79 Å². The average Bonchev–Trinajstić information content (AvgIpc) is 2.46. The number of carboxylic acids is 1. The molecule has 1 unspecified atom stereocenters. The van der Waals surface area contributed by atoms with E-state index in [4.69, 9.17) is 14.6 Å². The lowest BCUT2D eigenvalue weighted by Gasteiger charge is -2.35. The van der Waals surface area contributed by atoms with Gasteiger partial charge in [-0.3, -0.25) is 4.79 Å². The van der Waals surface area contributed by atoms with E-state index >= 15 is 0 Å². The summed E-state index contributed by atoms with van der Waals surface area (Å²) in [5.41, 5.74) is 0.485. The Morgan fingerprint density at radius 1 is 1.43 bits per heavy atom. The van der Waals surface area contributed by atoms with Gasteiger partial charge < -0.3 is 19.5 Å². The van der Waals surface area contributed by atoms with Crippen molar-refractivity contribution >= 4 is 11.9 Å². The van der Waals surface area contributed by atoms with Crippen molar-refractivity contribution < 1.29 is 24.2 Å². The summed E-state index contributed by atoms with van der Waals surface area (Å²) in [7, 11) is 0. The van der Waals surface area contributed by atoms with E-state index in [2.05, 4.69) is 0 Å². The van der Waals surface area contributed by atoms with Crippen LogP contribution in [0.1, 0.15) is 24.2 Å². The number of carbonyl (C=O) groups excluding carboxylic acids is 1. The minimum atomic E-state index is -1.05. The van der Waals surface area contributed by atoms with Crippen LogP contribution in [0.4, 0.5) is 0 Å². The van der Waals surface area contributed by atoms with Crippen LogP contribution in [0.3, 0.4) is 0 Å². The van der Waals surface area contributed by atoms with E-state index in [1.165, 1.54) is 4.90 Å². The molecule has 21 heavy (non-hydrogen) atoms. The van der Waals surface area contributed by atoms with Crippen molar-refractivity contribution in [3.63, 3.8) is 0 Å². The molecule has 1 aromatic carbocycles. The number of ether oxygens (including phenoxy) is 2. The molecule has 1 aromatic rings. The van der Waals surface area contributed by atoms with Gasteiger partial charge in [0.15, 0.2) is 6.10 Å². The van der Waals surface area contributed by atoms with Crippen molar-refractivity contribution in [3.8, 4) is 5.75 Å². The highest BCUT2D eigenvalue weighted by atomic mass is 16.5. The largest absolute Gasteiger partial charge is 0.494 e. The van der Waals surface area contributed by atoms with Gasteiger partial charge >= 0.3 is 5.97 Å². The number of hydrogen-bond donors (Lipinski definition) is 1. The molecule has 0 radical (unpaired) electrons. The van der Waals surface area contributed by atoms with Gasteiger partial charge in [-0.15, -0.1) is 0 Å². The molecule has 1 fully saturated rings. The summed E-state index contributed by atoms with van der Waals surface area (Å²) >= 11 is 0. The molecule has 1 N–H and O–H groups in total. The van der Waals surface area contributed by atoms with E-state index in [9.17, 15) is 9.59 Å². The molecule has 1 aliphatic rings. The van der Waals surface area contributed by atoms with E-state index in [-0.39, 0.29) is 18.6 Å². The van der Waals surface area contributed by atoms with Crippen LogP contribution in [0.5, 0.6) is 5.75 Å². The van der Waals surface area contributed by atoms with E-state index in [0.29, 0.717) is 24.5 Å². The summed E-state index contributed by atoms with van der Waals surface area (Å²) in [6, 6.07) is 6.89. The zero-order valence-electron chi connectivity index (χ0n) is 12.1. The van der Waals surface area contributed by atoms with Crippen LogP contribution in [0.2, 0.25) is 0 Å². The molecule has 0 saturated carbocycles. The first kappa shape index (κ1) is 15.3. The minimum absolute atomic E-state index is 0.0529. The second-order valence-electron chi connectivity index (χ2n) is 4.94. The summed E-state index contributed by atoms with van der Waals surface area (Å²) in [6.07, 6.45) is -1.29. The third kappa shape index (κ3) is 3.72. The van der Waals surface area contributed by atoms with Crippen LogP contribution in [-0.2, 0) is 9.53 Å². The quantitative estimate of drug-likeness (QED) is 0.908. The molecule has 1 saturated heterocycles. The van der Waals surface area contributed by atoms with Crippen molar-refractivity contribution in [1.82, 2.24) is 4.90 Å². The lowest BCUT2D eigenvalue weighted by atomic mass is 10.1. The highest BCUT2D eigenvalue weighted by molar-refractivity contribution is 5.95. The molecule has 2 atom stereocenters. The van der Waals surface area contributed by atoms with Gasteiger partial charge in [0.25, 0.3) is 5.91 Å². The van der Waals surface area contributed by atoms with E-state index < -0.39 is 12.1 Å². The summed E-state index contributed by atoms with van der Waals surface area (Å²) in [5.74, 6) is -0.639. The number of morpholine rings is 1. The molecule has 0 aromatic heterocycles. The van der Waals surface area contributed by atoms with E-state index in [1.54, 1.807) is 31.2 Å². The zero-order valence-corrected chi connectivity index (χ0v) is 12.1. The van der Waals surface area contributed by atoms with Crippen LogP contribution < -0.4 is 4.74 Å². The fraction of sp³-hybridized carbons (Fsp3) is 0.467. The van der Waals surface area contributed by atoms with Crippen LogP contribution in [0.15, 0.2) is 24.3 Å². The molecule has 114 valence electrons. The van der Waals surface area contributed by atoms with Gasteiger partial charge in [0, 0.05) is 12.1 Å². The topological polar surface area (TPSA) is 76.1 Å². The van der Waals surface area contributed by atoms with Gasteiger partial charge in [-0.2, -0.15) is 0 Å². The molecule has 2 rings (SSSR count). The molecule has 1 heterocycles. The van der Waals surface area contributed by atoms with Crippen molar-refractivity contribution in [3.05, 3.63) is 29.8 Å². The second kappa shape index (κ2) is 6.58. The monoisotopic (exact) mass is 293 g/mol. The lowest BCUT2D eigenvalue weighted by molar-refractivity contribution is -0.160. The standard InChI is InChI=1S/C15H19NO5/c1-3-20-12-6-4-5-11(7-12)14(17)16-8-10(2)21-13(9-16)15(18)19/h4-7,10,13H,3,8-9H2,1-2H3,(H,18,19)/t10-,13?/m1/s1. The fourth-order valence-corrected chi connectivity index (χ4v) is 2.32. The summed E-state index contributed by atoms with van der Waals surface area (Å²) in [5, 5.41) is 9.06. The summed E-state index contributed by atoms with van der Waals surface area (Å²) in [4.78, 5) is 25.1. The first-order valence-electron chi connectivity index (χ1n) is 6.91. The van der Waals surface area contributed by atoms with E-state index in [0.717, 1.165) is 0 Å². The number of carboxylic acid groups (broad SMARTS) is 1. The molecule has 6 nitrogen and oxygen atoms in total. The van der Waals surface area contributed by atoms with Crippen molar-refractivity contribution in [2.24, 2.45) is 0 Å². The molecular weight excluding hydrogens is 274 g/mol. The smallest absolute Gasteiger partial charge is 0.334 e. The Hall–Kier alpha value is -2.08. The number of nitrogens with zero attached hydrogens (tertiary/aromatic N) is 1. The highest BCUT2D eigenvalue weighted by Gasteiger charge is 2.33. The Kier molecular flexibility index (Phi) is 4.80. The van der Waals surface area contributed by atoms with Gasteiger partial charge in [0.2, 0.25) is 0 Å². The molecule has 0 spiro atoms. The maximum absolute atomic E-state index is 12.5.